The number of benzene rings is 1. The fraction of sp³-hybridized carbons (Fsp3) is 0.625. The van der Waals surface area contributed by atoms with E-state index in [-0.39, 0.29) is 16.9 Å². The number of anilines is 1. The van der Waals surface area contributed by atoms with Crippen LogP contribution in [-0.4, -0.2) is 43.5 Å². The van der Waals surface area contributed by atoms with E-state index in [4.69, 9.17) is 13.9 Å². The smallest absolute Gasteiger partial charge is 0.416 e. The van der Waals surface area contributed by atoms with E-state index in [9.17, 15) is 18.0 Å². The molecule has 0 atom stereocenters. The minimum Gasteiger partial charge on any atom is -0.449 e. The lowest BCUT2D eigenvalue weighted by atomic mass is 9.78. The van der Waals surface area contributed by atoms with Crippen LogP contribution in [0.3, 0.4) is 0 Å². The highest BCUT2D eigenvalue weighted by Gasteiger charge is 2.47. The number of fused-ring (bicyclic) bond motifs is 3. The maximum absolute atomic E-state index is 13.3. The molecule has 9 heteroatoms. The number of hydrogen-bond acceptors (Lipinski definition) is 5. The molecule has 0 radical (unpaired) electrons. The number of ether oxygens (including phenoxy) is 2. The van der Waals surface area contributed by atoms with Crippen molar-refractivity contribution in [2.45, 2.75) is 63.5 Å². The minimum absolute atomic E-state index is 0.0863. The van der Waals surface area contributed by atoms with Crippen molar-refractivity contribution in [3.05, 3.63) is 29.5 Å². The van der Waals surface area contributed by atoms with Crippen molar-refractivity contribution < 1.29 is 31.9 Å². The summed E-state index contributed by atoms with van der Waals surface area (Å²) in [6.07, 6.45) is 0.337. The van der Waals surface area contributed by atoms with Crippen LogP contribution in [0.2, 0.25) is 0 Å². The van der Waals surface area contributed by atoms with Gasteiger partial charge in [-0.1, -0.05) is 0 Å². The number of hydrogen-bond donors (Lipinski definition) is 1. The van der Waals surface area contributed by atoms with Crippen molar-refractivity contribution in [1.29, 1.82) is 0 Å². The predicted octanol–water partition coefficient (Wildman–Crippen LogP) is 5.10. The molecule has 2 fully saturated rings. The highest BCUT2D eigenvalue weighted by molar-refractivity contribution is 6.07. The monoisotopic (exact) mass is 466 g/mol. The van der Waals surface area contributed by atoms with E-state index in [1.165, 1.54) is 6.07 Å². The maximum Gasteiger partial charge on any atom is 0.416 e. The number of halogens is 3. The van der Waals surface area contributed by atoms with Gasteiger partial charge < -0.3 is 24.1 Å². The number of furan rings is 1. The molecule has 6 nitrogen and oxygen atoms in total. The molecule has 180 valence electrons. The molecule has 1 aliphatic carbocycles. The Morgan fingerprint density at radius 1 is 1.21 bits per heavy atom. The average molecular weight is 467 g/mol. The Bertz CT molecular complexity index is 1050. The van der Waals surface area contributed by atoms with Crippen molar-refractivity contribution in [2.75, 3.05) is 31.1 Å². The first kappa shape index (κ1) is 22.5. The molecule has 3 aliphatic rings. The van der Waals surface area contributed by atoms with Crippen LogP contribution in [0.25, 0.3) is 11.0 Å². The molecule has 1 saturated carbocycles. The zero-order chi connectivity index (χ0) is 23.4. The van der Waals surface area contributed by atoms with Gasteiger partial charge in [-0.15, -0.1) is 0 Å². The van der Waals surface area contributed by atoms with Crippen LogP contribution in [0.15, 0.2) is 22.6 Å². The SMILES string of the molecule is CC1(C)OCC2(CCC(CCN3CCNC(=O)c4oc5ccc(C(F)(F)F)cc5c43)CC2)O1. The topological polar surface area (TPSA) is 63.9 Å². The fourth-order valence-corrected chi connectivity index (χ4v) is 5.41. The largest absolute Gasteiger partial charge is 0.449 e. The van der Waals surface area contributed by atoms with E-state index in [0.717, 1.165) is 44.2 Å². The molecule has 2 aliphatic heterocycles. The molecule has 5 rings (SSSR count). The Kier molecular flexibility index (Phi) is 5.40. The number of carbonyl (C=O) groups excluding carboxylic acids is 1. The molecule has 1 saturated heterocycles. The van der Waals surface area contributed by atoms with E-state index in [2.05, 4.69) is 5.32 Å². The number of carbonyl (C=O) groups is 1. The quantitative estimate of drug-likeness (QED) is 0.682. The summed E-state index contributed by atoms with van der Waals surface area (Å²) in [6, 6.07) is 3.37. The lowest BCUT2D eigenvalue weighted by Gasteiger charge is -2.37. The first-order valence-corrected chi connectivity index (χ1v) is 11.6. The van der Waals surface area contributed by atoms with Crippen molar-refractivity contribution in [1.82, 2.24) is 5.32 Å². The third-order valence-electron chi connectivity index (χ3n) is 7.15. The standard InChI is InChI=1S/C24H29F3N2O4/c1-22(2)31-14-23(33-22)8-5-15(6-9-23)7-11-29-12-10-28-21(30)20-19(29)17-13-16(24(25,26)27)3-4-18(17)32-20/h3-4,13,15H,5-12,14H2,1-2H3,(H,28,30). The van der Waals surface area contributed by atoms with Crippen molar-refractivity contribution in [2.24, 2.45) is 5.92 Å². The third-order valence-corrected chi connectivity index (χ3v) is 7.15. The predicted molar refractivity (Wildman–Crippen MR) is 116 cm³/mol. The maximum atomic E-state index is 13.3. The van der Waals surface area contributed by atoms with Crippen LogP contribution in [-0.2, 0) is 15.7 Å². The molecule has 0 bridgehead atoms. The van der Waals surface area contributed by atoms with E-state index < -0.39 is 23.4 Å². The molecule has 1 amide bonds. The number of nitrogens with one attached hydrogen (secondary N) is 1. The first-order valence-electron chi connectivity index (χ1n) is 11.6. The van der Waals surface area contributed by atoms with Gasteiger partial charge in [-0.3, -0.25) is 4.79 Å². The Morgan fingerprint density at radius 2 is 1.97 bits per heavy atom. The van der Waals surface area contributed by atoms with Gasteiger partial charge >= 0.3 is 6.18 Å². The Labute approximate surface area is 190 Å². The van der Waals surface area contributed by atoms with Crippen LogP contribution in [0.1, 0.15) is 62.1 Å². The molecule has 33 heavy (non-hydrogen) atoms. The van der Waals surface area contributed by atoms with Gasteiger partial charge in [0.25, 0.3) is 5.91 Å². The molecule has 3 heterocycles. The zero-order valence-electron chi connectivity index (χ0n) is 18.9. The third kappa shape index (κ3) is 4.33. The van der Waals surface area contributed by atoms with Gasteiger partial charge in [-0.2, -0.15) is 13.2 Å². The van der Waals surface area contributed by atoms with Crippen LogP contribution >= 0.6 is 0 Å². The van der Waals surface area contributed by atoms with Crippen LogP contribution in [0.4, 0.5) is 18.9 Å². The lowest BCUT2D eigenvalue weighted by Crippen LogP contribution is -2.39. The van der Waals surface area contributed by atoms with Gasteiger partial charge in [0.1, 0.15) is 5.58 Å². The Balaban J connectivity index is 1.33. The summed E-state index contributed by atoms with van der Waals surface area (Å²) in [5, 5.41) is 3.12. The molecule has 2 aromatic rings. The number of nitrogens with zero attached hydrogens (tertiary/aromatic N) is 1. The van der Waals surface area contributed by atoms with Crippen LogP contribution in [0.5, 0.6) is 0 Å². The highest BCUT2D eigenvalue weighted by Crippen LogP contribution is 2.44. The van der Waals surface area contributed by atoms with Gasteiger partial charge in [0.2, 0.25) is 5.76 Å². The van der Waals surface area contributed by atoms with Gasteiger partial charge in [0, 0.05) is 25.0 Å². The summed E-state index contributed by atoms with van der Waals surface area (Å²) in [5.41, 5.74) is -0.188. The second kappa shape index (κ2) is 7.91. The summed E-state index contributed by atoms with van der Waals surface area (Å²) in [7, 11) is 0. The summed E-state index contributed by atoms with van der Waals surface area (Å²) in [5.74, 6) is -0.352. The molecule has 1 aromatic heterocycles. The Morgan fingerprint density at radius 3 is 2.64 bits per heavy atom. The van der Waals surface area contributed by atoms with Crippen molar-refractivity contribution >= 4 is 22.6 Å². The second-order valence-corrected chi connectivity index (χ2v) is 9.94. The van der Waals surface area contributed by atoms with Gasteiger partial charge in [0.15, 0.2) is 5.79 Å². The van der Waals surface area contributed by atoms with E-state index >= 15 is 0 Å². The Hall–Kier alpha value is -2.26. The van der Waals surface area contributed by atoms with Crippen molar-refractivity contribution in [3.8, 4) is 0 Å². The molecule has 1 aromatic carbocycles. The average Bonchev–Trinajstić information content (AvgIpc) is 3.23. The van der Waals surface area contributed by atoms with E-state index in [1.807, 2.05) is 18.7 Å². The van der Waals surface area contributed by atoms with Gasteiger partial charge in [-0.05, 0) is 70.1 Å². The van der Waals surface area contributed by atoms with E-state index in [0.29, 0.717) is 43.2 Å². The summed E-state index contributed by atoms with van der Waals surface area (Å²) >= 11 is 0. The molecule has 1 N–H and O–H groups in total. The van der Waals surface area contributed by atoms with Crippen LogP contribution in [0, 0.1) is 5.92 Å². The fourth-order valence-electron chi connectivity index (χ4n) is 5.41. The number of rotatable bonds is 3. The van der Waals surface area contributed by atoms with Gasteiger partial charge in [0.05, 0.1) is 23.5 Å². The number of alkyl halides is 3. The minimum atomic E-state index is -4.46. The summed E-state index contributed by atoms with van der Waals surface area (Å²) in [6.45, 7) is 6.09. The first-order chi connectivity index (χ1) is 15.6. The number of amides is 1. The molecular formula is C24H29F3N2O4. The summed E-state index contributed by atoms with van der Waals surface area (Å²) < 4.78 is 57.7. The van der Waals surface area contributed by atoms with Gasteiger partial charge in [-0.25, -0.2) is 0 Å². The van der Waals surface area contributed by atoms with Crippen LogP contribution < -0.4 is 10.2 Å². The second-order valence-electron chi connectivity index (χ2n) is 9.94. The zero-order valence-corrected chi connectivity index (χ0v) is 18.9. The molecular weight excluding hydrogens is 437 g/mol. The lowest BCUT2D eigenvalue weighted by molar-refractivity contribution is -0.169. The summed E-state index contributed by atoms with van der Waals surface area (Å²) in [4.78, 5) is 14.5. The molecule has 1 spiro atoms. The van der Waals surface area contributed by atoms with E-state index in [1.54, 1.807) is 0 Å². The molecule has 0 unspecified atom stereocenters. The normalized spacial score (nSPS) is 27.6. The van der Waals surface area contributed by atoms with Crippen molar-refractivity contribution in [3.63, 3.8) is 0 Å². The highest BCUT2D eigenvalue weighted by atomic mass is 19.4.